The average molecular weight is 233 g/mol. The van der Waals surface area contributed by atoms with Crippen LogP contribution in [0.15, 0.2) is 16.8 Å². The van der Waals surface area contributed by atoms with E-state index in [0.29, 0.717) is 17.7 Å². The summed E-state index contributed by atoms with van der Waals surface area (Å²) in [6.07, 6.45) is 1.84. The zero-order chi connectivity index (χ0) is 12.4. The molecule has 2 aromatic rings. The highest BCUT2D eigenvalue weighted by Gasteiger charge is 2.12. The molecule has 0 radical (unpaired) electrons. The van der Waals surface area contributed by atoms with Crippen LogP contribution < -0.4 is 5.32 Å². The molecule has 2 aromatic heterocycles. The largest absolute Gasteiger partial charge is 0.336 e. The molecule has 17 heavy (non-hydrogen) atoms. The molecular weight excluding hydrogens is 214 g/mol. The van der Waals surface area contributed by atoms with Gasteiger partial charge in [0.25, 0.3) is 5.71 Å². The second-order valence-corrected chi connectivity index (χ2v) is 4.95. The van der Waals surface area contributed by atoms with E-state index in [2.05, 4.69) is 49.2 Å². The van der Waals surface area contributed by atoms with Gasteiger partial charge < -0.3 is 9.84 Å². The van der Waals surface area contributed by atoms with Gasteiger partial charge in [-0.25, -0.2) is 4.98 Å². The molecule has 0 aliphatic rings. The smallest absolute Gasteiger partial charge is 0.257 e. The normalized spacial score (nSPS) is 11.9. The van der Waals surface area contributed by atoms with Crippen LogP contribution in [-0.2, 0) is 6.54 Å². The molecule has 0 aliphatic carbocycles. The predicted octanol–water partition coefficient (Wildman–Crippen LogP) is 2.84. The average Bonchev–Trinajstić information content (AvgIpc) is 2.69. The number of nitrogens with one attached hydrogen (secondary N) is 1. The third kappa shape index (κ3) is 2.64. The number of fused-ring (bicyclic) bond motifs is 1. The lowest BCUT2D eigenvalue weighted by Gasteiger charge is -2.07. The molecular formula is C13H19N3O. The second kappa shape index (κ2) is 4.84. The topological polar surface area (TPSA) is 51.0 Å². The number of hydrogen-bond acceptors (Lipinski definition) is 4. The molecule has 0 unspecified atom stereocenters. The molecule has 0 aromatic carbocycles. The van der Waals surface area contributed by atoms with E-state index in [1.807, 2.05) is 6.20 Å². The van der Waals surface area contributed by atoms with Crippen LogP contribution in [0.2, 0.25) is 0 Å². The predicted molar refractivity (Wildman–Crippen MR) is 67.9 cm³/mol. The van der Waals surface area contributed by atoms with Crippen LogP contribution in [0, 0.1) is 0 Å². The van der Waals surface area contributed by atoms with Crippen molar-refractivity contribution in [2.45, 2.75) is 46.2 Å². The van der Waals surface area contributed by atoms with E-state index < -0.39 is 0 Å². The summed E-state index contributed by atoms with van der Waals surface area (Å²) < 4.78 is 5.21. The summed E-state index contributed by atoms with van der Waals surface area (Å²) in [6, 6.07) is 2.58. The number of hydrogen-bond donors (Lipinski definition) is 1. The van der Waals surface area contributed by atoms with E-state index in [-0.39, 0.29) is 0 Å². The molecule has 92 valence electrons. The summed E-state index contributed by atoms with van der Waals surface area (Å²) >= 11 is 0. The minimum absolute atomic E-state index is 0.353. The SMILES string of the molecule is CC(C)NCc1cnc2onc(C(C)C)c2c1. The highest BCUT2D eigenvalue weighted by Crippen LogP contribution is 2.23. The highest BCUT2D eigenvalue weighted by molar-refractivity contribution is 5.76. The fourth-order valence-electron chi connectivity index (χ4n) is 1.73. The van der Waals surface area contributed by atoms with Crippen LogP contribution in [0.1, 0.15) is 44.9 Å². The van der Waals surface area contributed by atoms with Crippen LogP contribution in [0.4, 0.5) is 0 Å². The Morgan fingerprint density at radius 1 is 1.29 bits per heavy atom. The Kier molecular flexibility index (Phi) is 3.43. The first-order valence-electron chi connectivity index (χ1n) is 6.05. The Morgan fingerprint density at radius 3 is 2.71 bits per heavy atom. The van der Waals surface area contributed by atoms with E-state index in [0.717, 1.165) is 23.2 Å². The molecule has 0 saturated carbocycles. The van der Waals surface area contributed by atoms with Crippen LogP contribution in [0.25, 0.3) is 11.1 Å². The molecule has 2 rings (SSSR count). The van der Waals surface area contributed by atoms with Gasteiger partial charge in [0.1, 0.15) is 0 Å². The van der Waals surface area contributed by atoms with E-state index in [1.54, 1.807) is 0 Å². The van der Waals surface area contributed by atoms with Crippen molar-refractivity contribution < 1.29 is 4.52 Å². The Morgan fingerprint density at radius 2 is 2.06 bits per heavy atom. The number of nitrogens with zero attached hydrogens (tertiary/aromatic N) is 2. The lowest BCUT2D eigenvalue weighted by atomic mass is 10.1. The van der Waals surface area contributed by atoms with Crippen LogP contribution >= 0.6 is 0 Å². The minimum Gasteiger partial charge on any atom is -0.336 e. The van der Waals surface area contributed by atoms with Crippen molar-refractivity contribution in [3.8, 4) is 0 Å². The van der Waals surface area contributed by atoms with E-state index in [1.165, 1.54) is 0 Å². The highest BCUT2D eigenvalue weighted by atomic mass is 16.5. The zero-order valence-electron chi connectivity index (χ0n) is 10.8. The van der Waals surface area contributed by atoms with Gasteiger partial charge >= 0.3 is 0 Å². The van der Waals surface area contributed by atoms with E-state index >= 15 is 0 Å². The van der Waals surface area contributed by atoms with Gasteiger partial charge in [0, 0.05) is 18.8 Å². The third-order valence-corrected chi connectivity index (χ3v) is 2.68. The third-order valence-electron chi connectivity index (χ3n) is 2.68. The summed E-state index contributed by atoms with van der Waals surface area (Å²) in [5.41, 5.74) is 2.78. The summed E-state index contributed by atoms with van der Waals surface area (Å²) in [4.78, 5) is 4.29. The Labute approximate surface area is 101 Å². The van der Waals surface area contributed by atoms with Crippen molar-refractivity contribution in [1.82, 2.24) is 15.5 Å². The van der Waals surface area contributed by atoms with Crippen molar-refractivity contribution >= 4 is 11.1 Å². The summed E-state index contributed by atoms with van der Waals surface area (Å²) in [5.74, 6) is 0.353. The van der Waals surface area contributed by atoms with Crippen molar-refractivity contribution in [3.05, 3.63) is 23.5 Å². The van der Waals surface area contributed by atoms with Crippen molar-refractivity contribution in [2.24, 2.45) is 0 Å². The van der Waals surface area contributed by atoms with Gasteiger partial charge in [0.2, 0.25) is 0 Å². The van der Waals surface area contributed by atoms with Gasteiger partial charge in [0.15, 0.2) is 0 Å². The Bertz CT molecular complexity index is 502. The van der Waals surface area contributed by atoms with Crippen molar-refractivity contribution in [2.75, 3.05) is 0 Å². The molecule has 4 nitrogen and oxygen atoms in total. The number of aromatic nitrogens is 2. The fourth-order valence-corrected chi connectivity index (χ4v) is 1.73. The molecule has 0 saturated heterocycles. The molecule has 0 atom stereocenters. The Hall–Kier alpha value is -1.42. The van der Waals surface area contributed by atoms with Gasteiger partial charge in [0.05, 0.1) is 11.1 Å². The lowest BCUT2D eigenvalue weighted by Crippen LogP contribution is -2.21. The van der Waals surface area contributed by atoms with Gasteiger partial charge in [-0.05, 0) is 17.5 Å². The first-order valence-corrected chi connectivity index (χ1v) is 6.05. The molecule has 0 aliphatic heterocycles. The van der Waals surface area contributed by atoms with Crippen molar-refractivity contribution in [1.29, 1.82) is 0 Å². The maximum atomic E-state index is 5.21. The standard InChI is InChI=1S/C13H19N3O/c1-8(2)12-11-5-10(6-14-9(3)4)7-15-13(11)17-16-12/h5,7-9,14H,6H2,1-4H3. The first kappa shape index (κ1) is 12.0. The molecule has 1 N–H and O–H groups in total. The molecule has 0 amide bonds. The van der Waals surface area contributed by atoms with Gasteiger partial charge in [-0.3, -0.25) is 0 Å². The maximum absolute atomic E-state index is 5.21. The first-order chi connectivity index (χ1) is 8.08. The molecule has 0 fully saturated rings. The molecule has 0 bridgehead atoms. The summed E-state index contributed by atoms with van der Waals surface area (Å²) in [7, 11) is 0. The summed E-state index contributed by atoms with van der Waals surface area (Å²) in [5, 5.41) is 8.48. The zero-order valence-corrected chi connectivity index (χ0v) is 10.8. The van der Waals surface area contributed by atoms with Gasteiger partial charge in [-0.15, -0.1) is 0 Å². The lowest BCUT2D eigenvalue weighted by molar-refractivity contribution is 0.434. The summed E-state index contributed by atoms with van der Waals surface area (Å²) in [6.45, 7) is 9.30. The van der Waals surface area contributed by atoms with Crippen molar-refractivity contribution in [3.63, 3.8) is 0 Å². The van der Waals surface area contributed by atoms with E-state index in [4.69, 9.17) is 4.52 Å². The number of rotatable bonds is 4. The number of pyridine rings is 1. The van der Waals surface area contributed by atoms with E-state index in [9.17, 15) is 0 Å². The maximum Gasteiger partial charge on any atom is 0.257 e. The second-order valence-electron chi connectivity index (χ2n) is 4.95. The quantitative estimate of drug-likeness (QED) is 0.882. The Balaban J connectivity index is 2.31. The minimum atomic E-state index is 0.353. The monoisotopic (exact) mass is 233 g/mol. The van der Waals surface area contributed by atoms with Gasteiger partial charge in [-0.2, -0.15) is 0 Å². The van der Waals surface area contributed by atoms with Crippen LogP contribution in [-0.4, -0.2) is 16.2 Å². The van der Waals surface area contributed by atoms with Gasteiger partial charge in [-0.1, -0.05) is 32.9 Å². The van der Waals surface area contributed by atoms with Crippen LogP contribution in [0.5, 0.6) is 0 Å². The molecule has 0 spiro atoms. The molecule has 2 heterocycles. The van der Waals surface area contributed by atoms with Crippen LogP contribution in [0.3, 0.4) is 0 Å². The molecule has 4 heteroatoms. The fraction of sp³-hybridized carbons (Fsp3) is 0.538.